The monoisotopic (exact) mass is 625 g/mol. The van der Waals surface area contributed by atoms with Gasteiger partial charge in [-0.15, -0.1) is 11.3 Å². The molecule has 0 aliphatic heterocycles. The van der Waals surface area contributed by atoms with E-state index in [1.54, 1.807) is 30.3 Å². The van der Waals surface area contributed by atoms with Gasteiger partial charge in [0.25, 0.3) is 11.8 Å². The third-order valence-corrected chi connectivity index (χ3v) is 8.44. The molecule has 0 aliphatic rings. The average Bonchev–Trinajstić information content (AvgIpc) is 3.76. The fourth-order valence-corrected chi connectivity index (χ4v) is 5.95. The van der Waals surface area contributed by atoms with Gasteiger partial charge in [0.1, 0.15) is 0 Å². The molecule has 6 rings (SSSR count). The van der Waals surface area contributed by atoms with Crippen LogP contribution in [0.1, 0.15) is 38.2 Å². The first-order chi connectivity index (χ1) is 22.3. The number of hydrogen-bond acceptors (Lipinski definition) is 5. The molecule has 0 spiro atoms. The molecule has 6 aromatic rings. The van der Waals surface area contributed by atoms with Gasteiger partial charge in [-0.25, -0.2) is 0 Å². The van der Waals surface area contributed by atoms with Crippen LogP contribution in [0.15, 0.2) is 122 Å². The molecule has 0 unspecified atom stereocenters. The summed E-state index contributed by atoms with van der Waals surface area (Å²) in [4.78, 5) is 43.9. The number of anilines is 2. The van der Waals surface area contributed by atoms with Crippen LogP contribution in [0.5, 0.6) is 0 Å². The lowest BCUT2D eigenvalue weighted by Crippen LogP contribution is -2.22. The second-order valence-corrected chi connectivity index (χ2v) is 11.8. The minimum Gasteiger partial charge on any atom is -0.346 e. The predicted molar refractivity (Wildman–Crippen MR) is 183 cm³/mol. The summed E-state index contributed by atoms with van der Waals surface area (Å²) in [7, 11) is 0. The maximum Gasteiger partial charge on any atom is 0.261 e. The molecule has 3 aromatic carbocycles. The first kappa shape index (κ1) is 30.2. The molecular formula is C37H31N5O3S. The number of nitrogens with zero attached hydrogens (tertiary/aromatic N) is 2. The van der Waals surface area contributed by atoms with E-state index in [0.29, 0.717) is 28.4 Å². The molecule has 3 heterocycles. The zero-order chi connectivity index (χ0) is 32.0. The molecule has 3 aromatic heterocycles. The highest BCUT2D eigenvalue weighted by Gasteiger charge is 2.13. The van der Waals surface area contributed by atoms with E-state index in [1.807, 2.05) is 103 Å². The van der Waals surface area contributed by atoms with E-state index in [4.69, 9.17) is 4.98 Å². The lowest BCUT2D eigenvalue weighted by atomic mass is 10.1. The Hall–Kier alpha value is -5.80. The first-order valence-corrected chi connectivity index (χ1v) is 15.5. The first-order valence-electron chi connectivity index (χ1n) is 14.7. The lowest BCUT2D eigenvalue weighted by molar-refractivity contribution is -0.114. The molecule has 228 valence electrons. The minimum atomic E-state index is -0.260. The molecule has 9 heteroatoms. The number of benzene rings is 3. The molecule has 0 atom stereocenters. The van der Waals surface area contributed by atoms with Crippen LogP contribution in [-0.4, -0.2) is 27.3 Å². The van der Waals surface area contributed by atoms with Crippen molar-refractivity contribution in [3.63, 3.8) is 0 Å². The van der Waals surface area contributed by atoms with Crippen molar-refractivity contribution in [2.45, 2.75) is 20.4 Å². The van der Waals surface area contributed by atoms with Crippen molar-refractivity contribution in [2.75, 3.05) is 10.6 Å². The van der Waals surface area contributed by atoms with Crippen molar-refractivity contribution in [3.8, 4) is 27.4 Å². The number of carbonyl (C=O) groups excluding carboxylic acids is 3. The maximum atomic E-state index is 13.1. The van der Waals surface area contributed by atoms with Gasteiger partial charge >= 0.3 is 0 Å². The van der Waals surface area contributed by atoms with E-state index in [2.05, 4.69) is 16.0 Å². The Morgan fingerprint density at radius 2 is 1.54 bits per heavy atom. The molecular weight excluding hydrogens is 595 g/mol. The molecule has 0 aliphatic carbocycles. The van der Waals surface area contributed by atoms with Gasteiger partial charge in [-0.3, -0.25) is 19.4 Å². The summed E-state index contributed by atoms with van der Waals surface area (Å²) < 4.78 is 1.97. The third-order valence-electron chi connectivity index (χ3n) is 7.30. The van der Waals surface area contributed by atoms with E-state index < -0.39 is 0 Å². The number of rotatable bonds is 9. The Balaban J connectivity index is 1.13. The second-order valence-electron chi connectivity index (χ2n) is 10.8. The molecule has 0 saturated heterocycles. The fraction of sp³-hybridized carbons (Fsp3) is 0.0811. The fourth-order valence-electron chi connectivity index (χ4n) is 5.02. The Morgan fingerprint density at radius 1 is 0.761 bits per heavy atom. The SMILES string of the molecule is CC(=O)Nc1cccc(NC(=O)c2ccc(C)c(-n3ccc(-c4cccc(CNC(=O)c5ccc(-c6ccccc6)s5)n4)c3)c2)c1. The van der Waals surface area contributed by atoms with Crippen LogP contribution < -0.4 is 16.0 Å². The highest BCUT2D eigenvalue weighted by atomic mass is 32.1. The van der Waals surface area contributed by atoms with Crippen LogP contribution in [0.2, 0.25) is 0 Å². The lowest BCUT2D eigenvalue weighted by Gasteiger charge is -2.11. The van der Waals surface area contributed by atoms with Crippen molar-refractivity contribution in [2.24, 2.45) is 0 Å². The van der Waals surface area contributed by atoms with Crippen LogP contribution >= 0.6 is 11.3 Å². The van der Waals surface area contributed by atoms with E-state index in [9.17, 15) is 14.4 Å². The second kappa shape index (κ2) is 13.5. The number of thiophene rings is 1. The van der Waals surface area contributed by atoms with Crippen LogP contribution in [0.25, 0.3) is 27.4 Å². The zero-order valence-electron chi connectivity index (χ0n) is 25.3. The van der Waals surface area contributed by atoms with Crippen LogP contribution in [0.4, 0.5) is 11.4 Å². The van der Waals surface area contributed by atoms with Crippen molar-refractivity contribution >= 4 is 40.4 Å². The highest BCUT2D eigenvalue weighted by Crippen LogP contribution is 2.28. The quantitative estimate of drug-likeness (QED) is 0.153. The summed E-state index contributed by atoms with van der Waals surface area (Å²) in [6.07, 6.45) is 3.91. The standard InChI is InChI=1S/C37H31N5O3S/c1-24-14-15-27(36(44)41-30-11-6-10-29(21-30)39-25(2)43)20-33(24)42-19-18-28(23-42)32-13-7-12-31(40-32)22-38-37(45)35-17-16-34(46-35)26-8-4-3-5-9-26/h3-21,23H,22H2,1-2H3,(H,38,45)(H,39,43)(H,41,44). The normalized spacial score (nSPS) is 10.7. The number of pyridine rings is 1. The third kappa shape index (κ3) is 7.11. The Bertz CT molecular complexity index is 2050. The predicted octanol–water partition coefficient (Wildman–Crippen LogP) is 7.72. The van der Waals surface area contributed by atoms with Crippen molar-refractivity contribution in [1.82, 2.24) is 14.9 Å². The van der Waals surface area contributed by atoms with Gasteiger partial charge in [0, 0.05) is 52.4 Å². The van der Waals surface area contributed by atoms with Gasteiger partial charge in [0.2, 0.25) is 5.91 Å². The smallest absolute Gasteiger partial charge is 0.261 e. The largest absolute Gasteiger partial charge is 0.346 e. The average molecular weight is 626 g/mol. The summed E-state index contributed by atoms with van der Waals surface area (Å²) >= 11 is 1.46. The van der Waals surface area contributed by atoms with Gasteiger partial charge in [0.05, 0.1) is 22.8 Å². The Morgan fingerprint density at radius 3 is 2.35 bits per heavy atom. The maximum absolute atomic E-state index is 13.1. The van der Waals surface area contributed by atoms with Crippen LogP contribution in [-0.2, 0) is 11.3 Å². The topological polar surface area (TPSA) is 105 Å². The van der Waals surface area contributed by atoms with Gasteiger partial charge in [-0.1, -0.05) is 48.5 Å². The summed E-state index contributed by atoms with van der Waals surface area (Å²) in [6, 6.07) is 34.1. The number of aromatic nitrogens is 2. The van der Waals surface area contributed by atoms with Crippen molar-refractivity contribution in [1.29, 1.82) is 0 Å². The molecule has 0 bridgehead atoms. The number of aryl methyl sites for hydroxylation is 1. The molecule has 3 amide bonds. The molecule has 0 fully saturated rings. The Kier molecular flexibility index (Phi) is 8.84. The number of carbonyl (C=O) groups is 3. The summed E-state index contributed by atoms with van der Waals surface area (Å²) in [6.45, 7) is 3.73. The van der Waals surface area contributed by atoms with E-state index in [0.717, 1.165) is 38.6 Å². The van der Waals surface area contributed by atoms with Gasteiger partial charge in [-0.2, -0.15) is 0 Å². The summed E-state index contributed by atoms with van der Waals surface area (Å²) in [5.41, 5.74) is 7.06. The summed E-state index contributed by atoms with van der Waals surface area (Å²) in [5.74, 6) is -0.576. The molecule has 0 saturated carbocycles. The minimum absolute atomic E-state index is 0.134. The van der Waals surface area contributed by atoms with Gasteiger partial charge < -0.3 is 20.5 Å². The zero-order valence-corrected chi connectivity index (χ0v) is 26.1. The highest BCUT2D eigenvalue weighted by molar-refractivity contribution is 7.17. The van der Waals surface area contributed by atoms with Crippen molar-refractivity contribution < 1.29 is 14.4 Å². The number of hydrogen-bond donors (Lipinski definition) is 3. The molecule has 46 heavy (non-hydrogen) atoms. The summed E-state index contributed by atoms with van der Waals surface area (Å²) in [5, 5.41) is 8.62. The number of amides is 3. The molecule has 3 N–H and O–H groups in total. The number of nitrogens with one attached hydrogen (secondary N) is 3. The van der Waals surface area contributed by atoms with Crippen molar-refractivity contribution in [3.05, 3.63) is 143 Å². The van der Waals surface area contributed by atoms with E-state index >= 15 is 0 Å². The van der Waals surface area contributed by atoms with Gasteiger partial charge in [0.15, 0.2) is 0 Å². The Labute approximate surface area is 270 Å². The molecule has 0 radical (unpaired) electrons. The van der Waals surface area contributed by atoms with Crippen LogP contribution in [0, 0.1) is 6.92 Å². The van der Waals surface area contributed by atoms with E-state index in [1.165, 1.54) is 18.3 Å². The molecule has 8 nitrogen and oxygen atoms in total. The van der Waals surface area contributed by atoms with E-state index in [-0.39, 0.29) is 17.7 Å². The van der Waals surface area contributed by atoms with Crippen LogP contribution in [0.3, 0.4) is 0 Å². The van der Waals surface area contributed by atoms with Gasteiger partial charge in [-0.05, 0) is 78.7 Å².